The minimum Gasteiger partial charge on any atom is -0.444 e. The molecule has 1 atom stereocenters. The van der Waals surface area contributed by atoms with Gasteiger partial charge in [-0.15, -0.1) is 0 Å². The van der Waals surface area contributed by atoms with Gasteiger partial charge in [-0.2, -0.15) is 0 Å². The summed E-state index contributed by atoms with van der Waals surface area (Å²) in [7, 11) is 0. The highest BCUT2D eigenvalue weighted by Gasteiger charge is 2.19. The van der Waals surface area contributed by atoms with Crippen molar-refractivity contribution in [2.24, 2.45) is 0 Å². The Balaban J connectivity index is 1.69. The highest BCUT2D eigenvalue weighted by Crippen LogP contribution is 2.22. The fraction of sp³-hybridized carbons (Fsp3) is 0.400. The van der Waals surface area contributed by atoms with Crippen LogP contribution in [0.3, 0.4) is 0 Å². The predicted molar refractivity (Wildman–Crippen MR) is 79.1 cm³/mol. The monoisotopic (exact) mass is 303 g/mol. The quantitative estimate of drug-likeness (QED) is 0.687. The van der Waals surface area contributed by atoms with E-state index in [4.69, 9.17) is 4.42 Å². The standard InChI is InChI=1S/C15H17N3O4/c19-14-2-1-7-17(9-14)8-12-10-22-15(16-12)11-3-5-13(6-4-11)18(20)21/h3-6,10,14,19H,1-2,7-9H2. The summed E-state index contributed by atoms with van der Waals surface area (Å²) >= 11 is 0. The first-order valence-corrected chi connectivity index (χ1v) is 7.21. The number of β-amino-alcohol motifs (C(OH)–C–C–N with tert-alkyl or cyclic N) is 1. The van der Waals surface area contributed by atoms with Crippen LogP contribution in [0.15, 0.2) is 34.9 Å². The number of hydrogen-bond donors (Lipinski definition) is 1. The van der Waals surface area contributed by atoms with E-state index in [1.165, 1.54) is 12.1 Å². The number of aliphatic hydroxyl groups is 1. The number of oxazole rings is 1. The average Bonchev–Trinajstić information content (AvgIpc) is 2.96. The van der Waals surface area contributed by atoms with Gasteiger partial charge in [-0.25, -0.2) is 4.98 Å². The first kappa shape index (κ1) is 14.7. The van der Waals surface area contributed by atoms with Gasteiger partial charge in [0.1, 0.15) is 6.26 Å². The molecular formula is C15H17N3O4. The van der Waals surface area contributed by atoms with Crippen LogP contribution in [0.5, 0.6) is 0 Å². The van der Waals surface area contributed by atoms with Crippen molar-refractivity contribution < 1.29 is 14.4 Å². The van der Waals surface area contributed by atoms with Gasteiger partial charge in [0.2, 0.25) is 5.89 Å². The van der Waals surface area contributed by atoms with Gasteiger partial charge in [-0.3, -0.25) is 15.0 Å². The number of piperidine rings is 1. The number of nitro groups is 1. The van der Waals surface area contributed by atoms with E-state index < -0.39 is 4.92 Å². The molecule has 1 saturated heterocycles. The zero-order chi connectivity index (χ0) is 15.5. The molecule has 1 fully saturated rings. The predicted octanol–water partition coefficient (Wildman–Crippen LogP) is 2.21. The Kier molecular flexibility index (Phi) is 4.17. The van der Waals surface area contributed by atoms with Crippen molar-refractivity contribution >= 4 is 5.69 Å². The molecule has 2 aromatic rings. The lowest BCUT2D eigenvalue weighted by atomic mass is 10.1. The SMILES string of the molecule is O=[N+]([O-])c1ccc(-c2nc(CN3CCCC(O)C3)co2)cc1. The van der Waals surface area contributed by atoms with Crippen LogP contribution in [0, 0.1) is 10.1 Å². The second kappa shape index (κ2) is 6.25. The van der Waals surface area contributed by atoms with Gasteiger partial charge in [-0.05, 0) is 31.5 Å². The third kappa shape index (κ3) is 3.32. The fourth-order valence-electron chi connectivity index (χ4n) is 2.64. The molecule has 0 radical (unpaired) electrons. The van der Waals surface area contributed by atoms with Crippen molar-refractivity contribution in [2.75, 3.05) is 13.1 Å². The summed E-state index contributed by atoms with van der Waals surface area (Å²) < 4.78 is 5.45. The molecule has 1 aromatic carbocycles. The van der Waals surface area contributed by atoms with Crippen molar-refractivity contribution in [3.8, 4) is 11.5 Å². The van der Waals surface area contributed by atoms with Crippen LogP contribution >= 0.6 is 0 Å². The normalized spacial score (nSPS) is 19.2. The Morgan fingerprint density at radius 1 is 1.41 bits per heavy atom. The van der Waals surface area contributed by atoms with E-state index in [0.717, 1.165) is 25.1 Å². The van der Waals surface area contributed by atoms with E-state index in [1.807, 2.05) is 0 Å². The summed E-state index contributed by atoms with van der Waals surface area (Å²) in [5, 5.41) is 20.3. The van der Waals surface area contributed by atoms with E-state index >= 15 is 0 Å². The largest absolute Gasteiger partial charge is 0.444 e. The molecule has 7 nitrogen and oxygen atoms in total. The molecule has 1 aromatic heterocycles. The minimum absolute atomic E-state index is 0.0397. The molecule has 1 aliphatic heterocycles. The molecule has 0 amide bonds. The summed E-state index contributed by atoms with van der Waals surface area (Å²) in [6, 6.07) is 6.11. The summed E-state index contributed by atoms with van der Waals surface area (Å²) in [6.07, 6.45) is 3.16. The molecule has 2 heterocycles. The van der Waals surface area contributed by atoms with Crippen molar-refractivity contribution in [3.63, 3.8) is 0 Å². The van der Waals surface area contributed by atoms with Gasteiger partial charge in [-0.1, -0.05) is 0 Å². The second-order valence-electron chi connectivity index (χ2n) is 5.48. The number of rotatable bonds is 4. The van der Waals surface area contributed by atoms with Crippen molar-refractivity contribution in [1.29, 1.82) is 0 Å². The molecule has 0 spiro atoms. The lowest BCUT2D eigenvalue weighted by molar-refractivity contribution is -0.384. The summed E-state index contributed by atoms with van der Waals surface area (Å²) in [5.41, 5.74) is 1.54. The number of likely N-dealkylation sites (tertiary alicyclic amines) is 1. The summed E-state index contributed by atoms with van der Waals surface area (Å²) in [6.45, 7) is 2.23. The van der Waals surface area contributed by atoms with E-state index in [1.54, 1.807) is 18.4 Å². The van der Waals surface area contributed by atoms with Gasteiger partial charge in [0, 0.05) is 30.8 Å². The van der Waals surface area contributed by atoms with E-state index in [-0.39, 0.29) is 11.8 Å². The van der Waals surface area contributed by atoms with E-state index in [0.29, 0.717) is 24.5 Å². The number of hydrogen-bond acceptors (Lipinski definition) is 6. The maximum atomic E-state index is 10.6. The lowest BCUT2D eigenvalue weighted by Gasteiger charge is -2.29. The van der Waals surface area contributed by atoms with Crippen molar-refractivity contribution in [1.82, 2.24) is 9.88 Å². The highest BCUT2D eigenvalue weighted by molar-refractivity contribution is 5.55. The van der Waals surface area contributed by atoms with Crippen molar-refractivity contribution in [3.05, 3.63) is 46.3 Å². The van der Waals surface area contributed by atoms with Crippen LogP contribution in [0.4, 0.5) is 5.69 Å². The van der Waals surface area contributed by atoms with Crippen LogP contribution in [0.25, 0.3) is 11.5 Å². The smallest absolute Gasteiger partial charge is 0.269 e. The van der Waals surface area contributed by atoms with E-state index in [2.05, 4.69) is 9.88 Å². The van der Waals surface area contributed by atoms with Gasteiger partial charge in [0.25, 0.3) is 5.69 Å². The summed E-state index contributed by atoms with van der Waals surface area (Å²) in [5.74, 6) is 0.447. The van der Waals surface area contributed by atoms with Crippen LogP contribution in [0.2, 0.25) is 0 Å². The van der Waals surface area contributed by atoms with Gasteiger partial charge in [0.15, 0.2) is 0 Å². The average molecular weight is 303 g/mol. The Hall–Kier alpha value is -2.25. The molecule has 116 valence electrons. The zero-order valence-corrected chi connectivity index (χ0v) is 12.0. The first-order valence-electron chi connectivity index (χ1n) is 7.21. The maximum absolute atomic E-state index is 10.6. The number of aromatic nitrogens is 1. The van der Waals surface area contributed by atoms with Crippen molar-refractivity contribution in [2.45, 2.75) is 25.5 Å². The maximum Gasteiger partial charge on any atom is 0.269 e. The molecule has 1 N–H and O–H groups in total. The second-order valence-corrected chi connectivity index (χ2v) is 5.48. The van der Waals surface area contributed by atoms with Crippen LogP contribution < -0.4 is 0 Å². The van der Waals surface area contributed by atoms with Gasteiger partial charge >= 0.3 is 0 Å². The molecule has 0 saturated carbocycles. The molecule has 1 aliphatic rings. The Bertz CT molecular complexity index is 653. The molecule has 22 heavy (non-hydrogen) atoms. The number of aliphatic hydroxyl groups excluding tert-OH is 1. The van der Waals surface area contributed by atoms with Crippen LogP contribution in [0.1, 0.15) is 18.5 Å². The summed E-state index contributed by atoms with van der Waals surface area (Å²) in [4.78, 5) is 16.8. The number of nitro benzene ring substituents is 1. The molecular weight excluding hydrogens is 286 g/mol. The fourth-order valence-corrected chi connectivity index (χ4v) is 2.64. The number of nitrogens with zero attached hydrogens (tertiary/aromatic N) is 3. The molecule has 1 unspecified atom stereocenters. The lowest BCUT2D eigenvalue weighted by Crippen LogP contribution is -2.37. The topological polar surface area (TPSA) is 92.6 Å². The third-order valence-corrected chi connectivity index (χ3v) is 3.74. The van der Waals surface area contributed by atoms with Gasteiger partial charge in [0.05, 0.1) is 16.7 Å². The Morgan fingerprint density at radius 3 is 2.86 bits per heavy atom. The highest BCUT2D eigenvalue weighted by atomic mass is 16.6. The van der Waals surface area contributed by atoms with Crippen LogP contribution in [-0.4, -0.2) is 39.1 Å². The molecule has 0 bridgehead atoms. The molecule has 3 rings (SSSR count). The Labute approximate surface area is 127 Å². The van der Waals surface area contributed by atoms with E-state index in [9.17, 15) is 15.2 Å². The minimum atomic E-state index is -0.438. The first-order chi connectivity index (χ1) is 10.6. The number of non-ortho nitro benzene ring substituents is 1. The molecule has 0 aliphatic carbocycles. The molecule has 7 heteroatoms. The number of benzene rings is 1. The Morgan fingerprint density at radius 2 is 2.18 bits per heavy atom. The van der Waals surface area contributed by atoms with Crippen LogP contribution in [-0.2, 0) is 6.54 Å². The third-order valence-electron chi connectivity index (χ3n) is 3.74. The zero-order valence-electron chi connectivity index (χ0n) is 12.0. The van der Waals surface area contributed by atoms with Gasteiger partial charge < -0.3 is 9.52 Å².